The summed E-state index contributed by atoms with van der Waals surface area (Å²) in [5.74, 6) is 0. The van der Waals surface area contributed by atoms with Crippen molar-refractivity contribution in [3.8, 4) is 33.4 Å². The van der Waals surface area contributed by atoms with Gasteiger partial charge in [0.05, 0.1) is 0 Å². The maximum atomic E-state index is 3.88. The van der Waals surface area contributed by atoms with Gasteiger partial charge in [-0.2, -0.15) is 0 Å². The zero-order chi connectivity index (χ0) is 35.9. The molecule has 0 bridgehead atoms. The van der Waals surface area contributed by atoms with E-state index in [1.165, 1.54) is 77.9 Å². The van der Waals surface area contributed by atoms with Crippen molar-refractivity contribution in [2.24, 2.45) is 0 Å². The van der Waals surface area contributed by atoms with E-state index < -0.39 is 0 Å². The van der Waals surface area contributed by atoms with Crippen LogP contribution < -0.4 is 5.32 Å². The molecule has 0 saturated heterocycles. The maximum Gasteiger partial charge on any atom is 0.0436 e. The summed E-state index contributed by atoms with van der Waals surface area (Å²) in [7, 11) is 0. The summed E-state index contributed by atoms with van der Waals surface area (Å²) in [6, 6.07) is 47.9. The summed E-state index contributed by atoms with van der Waals surface area (Å²) in [5.41, 5.74) is 20.1. The molecule has 2 aliphatic rings. The van der Waals surface area contributed by atoms with Crippen LogP contribution in [0.15, 0.2) is 127 Å². The minimum absolute atomic E-state index is 0.00129. The molecule has 1 nitrogen and oxygen atoms in total. The molecule has 2 aliphatic carbocycles. The molecule has 51 heavy (non-hydrogen) atoms. The van der Waals surface area contributed by atoms with Crippen molar-refractivity contribution in [3.05, 3.63) is 172 Å². The number of fused-ring (bicyclic) bond motifs is 6. The van der Waals surface area contributed by atoms with Crippen molar-refractivity contribution in [1.82, 2.24) is 0 Å². The van der Waals surface area contributed by atoms with E-state index in [1.807, 2.05) is 0 Å². The number of nitrogens with one attached hydrogen (secondary N) is 1. The predicted molar refractivity (Wildman–Crippen MR) is 218 cm³/mol. The quantitative estimate of drug-likeness (QED) is 0.193. The van der Waals surface area contributed by atoms with Crippen LogP contribution in [0.4, 0.5) is 5.69 Å². The van der Waals surface area contributed by atoms with E-state index in [-0.39, 0.29) is 21.7 Å². The van der Waals surface area contributed by atoms with Gasteiger partial charge < -0.3 is 5.32 Å². The lowest BCUT2D eigenvalue weighted by molar-refractivity contribution is 0.564. The van der Waals surface area contributed by atoms with Crippen molar-refractivity contribution in [3.63, 3.8) is 0 Å². The van der Waals surface area contributed by atoms with Crippen LogP contribution in [-0.2, 0) is 28.2 Å². The molecule has 0 radical (unpaired) electrons. The van der Waals surface area contributed by atoms with Gasteiger partial charge in [0.2, 0.25) is 0 Å². The highest BCUT2D eigenvalue weighted by molar-refractivity contribution is 5.95. The lowest BCUT2D eigenvalue weighted by atomic mass is 9.74. The largest absolute Gasteiger partial charge is 0.381 e. The molecule has 0 saturated carbocycles. The summed E-state index contributed by atoms with van der Waals surface area (Å²) in [5, 5.41) is 3.88. The number of hydrogen-bond acceptors (Lipinski definition) is 1. The lowest BCUT2D eigenvalue weighted by Gasteiger charge is -2.30. The fraction of sp³-hybridized carbons (Fsp3) is 0.280. The van der Waals surface area contributed by atoms with Crippen molar-refractivity contribution in [1.29, 1.82) is 0 Å². The Bertz CT molecular complexity index is 2310. The van der Waals surface area contributed by atoms with Gasteiger partial charge in [-0.25, -0.2) is 0 Å². The fourth-order valence-electron chi connectivity index (χ4n) is 8.96. The van der Waals surface area contributed by atoms with E-state index in [0.717, 1.165) is 12.2 Å². The monoisotopic (exact) mass is 665 g/mol. The van der Waals surface area contributed by atoms with Gasteiger partial charge in [0.25, 0.3) is 0 Å². The molecule has 0 spiro atoms. The maximum absolute atomic E-state index is 3.88. The average molecular weight is 666 g/mol. The third-order valence-electron chi connectivity index (χ3n) is 11.9. The highest BCUT2D eigenvalue weighted by Crippen LogP contribution is 2.56. The van der Waals surface area contributed by atoms with Gasteiger partial charge in [-0.1, -0.05) is 171 Å². The summed E-state index contributed by atoms with van der Waals surface area (Å²) in [6.07, 6.45) is 0. The third kappa shape index (κ3) is 5.19. The van der Waals surface area contributed by atoms with Crippen LogP contribution in [0, 0.1) is 0 Å². The van der Waals surface area contributed by atoms with Crippen LogP contribution in [0.1, 0.15) is 107 Å². The number of hydrogen-bond donors (Lipinski definition) is 1. The first-order valence-electron chi connectivity index (χ1n) is 18.7. The first kappa shape index (κ1) is 33.3. The Hall–Kier alpha value is -4.88. The van der Waals surface area contributed by atoms with Gasteiger partial charge in [0, 0.05) is 23.1 Å². The molecule has 0 fully saturated rings. The molecule has 0 aromatic heterocycles. The van der Waals surface area contributed by atoms with Crippen LogP contribution >= 0.6 is 0 Å². The van der Waals surface area contributed by atoms with Crippen LogP contribution in [0.2, 0.25) is 0 Å². The second kappa shape index (κ2) is 11.6. The van der Waals surface area contributed by atoms with E-state index in [0.29, 0.717) is 0 Å². The average Bonchev–Trinajstić information content (AvgIpc) is 3.51. The summed E-state index contributed by atoms with van der Waals surface area (Å²) < 4.78 is 0. The van der Waals surface area contributed by atoms with Crippen LogP contribution in [0.5, 0.6) is 0 Å². The Labute approximate surface area is 305 Å². The van der Waals surface area contributed by atoms with Gasteiger partial charge in [0.15, 0.2) is 0 Å². The molecule has 8 rings (SSSR count). The van der Waals surface area contributed by atoms with E-state index in [2.05, 4.69) is 195 Å². The van der Waals surface area contributed by atoms with Gasteiger partial charge >= 0.3 is 0 Å². The SMILES string of the molecule is CC(C)(C)c1cc(C(C)(C)C)c2c(c1)C(C)(C)c1cccc(-c3ccccc3CNc3ccc4c(c3)C(C)(c3ccccc3)c3ccccc3-4)c1-2. The molecule has 0 amide bonds. The minimum atomic E-state index is -0.217. The van der Waals surface area contributed by atoms with E-state index in [4.69, 9.17) is 0 Å². The van der Waals surface area contributed by atoms with Crippen LogP contribution in [0.3, 0.4) is 0 Å². The Kier molecular flexibility index (Phi) is 7.55. The van der Waals surface area contributed by atoms with Crippen LogP contribution in [0.25, 0.3) is 33.4 Å². The molecule has 1 unspecified atom stereocenters. The highest BCUT2D eigenvalue weighted by atomic mass is 14.9. The topological polar surface area (TPSA) is 12.0 Å². The van der Waals surface area contributed by atoms with E-state index in [9.17, 15) is 0 Å². The third-order valence-corrected chi connectivity index (χ3v) is 11.9. The van der Waals surface area contributed by atoms with E-state index >= 15 is 0 Å². The summed E-state index contributed by atoms with van der Waals surface area (Å²) in [6.45, 7) is 22.1. The predicted octanol–water partition coefficient (Wildman–Crippen LogP) is 13.2. The van der Waals surface area contributed by atoms with Crippen molar-refractivity contribution >= 4 is 5.69 Å². The number of anilines is 1. The second-order valence-electron chi connectivity index (χ2n) is 17.6. The van der Waals surface area contributed by atoms with Crippen LogP contribution in [-0.4, -0.2) is 0 Å². The first-order valence-corrected chi connectivity index (χ1v) is 18.7. The van der Waals surface area contributed by atoms with Gasteiger partial charge in [0.1, 0.15) is 0 Å². The molecule has 256 valence electrons. The van der Waals surface area contributed by atoms with Crippen molar-refractivity contribution < 1.29 is 0 Å². The van der Waals surface area contributed by atoms with Crippen molar-refractivity contribution in [2.45, 2.75) is 90.5 Å². The second-order valence-corrected chi connectivity index (χ2v) is 17.6. The first-order chi connectivity index (χ1) is 24.2. The highest BCUT2D eigenvalue weighted by Gasteiger charge is 2.42. The number of benzene rings is 6. The minimum Gasteiger partial charge on any atom is -0.381 e. The Morgan fingerprint density at radius 1 is 0.490 bits per heavy atom. The Morgan fingerprint density at radius 3 is 1.84 bits per heavy atom. The molecular weight excluding hydrogens is 615 g/mol. The van der Waals surface area contributed by atoms with Gasteiger partial charge in [-0.05, 0) is 108 Å². The normalized spacial score (nSPS) is 17.0. The zero-order valence-corrected chi connectivity index (χ0v) is 31.8. The molecular formula is C50H51N. The Morgan fingerprint density at radius 2 is 1.12 bits per heavy atom. The summed E-state index contributed by atoms with van der Waals surface area (Å²) in [4.78, 5) is 0. The van der Waals surface area contributed by atoms with Crippen molar-refractivity contribution in [2.75, 3.05) is 5.32 Å². The molecule has 0 aliphatic heterocycles. The van der Waals surface area contributed by atoms with E-state index in [1.54, 1.807) is 0 Å². The Balaban J connectivity index is 1.21. The molecule has 6 aromatic rings. The molecule has 1 atom stereocenters. The molecule has 1 heteroatoms. The number of rotatable bonds is 5. The van der Waals surface area contributed by atoms with Gasteiger partial charge in [-0.15, -0.1) is 0 Å². The molecule has 1 N–H and O–H groups in total. The zero-order valence-electron chi connectivity index (χ0n) is 31.8. The molecule has 6 aromatic carbocycles. The van der Waals surface area contributed by atoms with Gasteiger partial charge in [-0.3, -0.25) is 0 Å². The fourth-order valence-corrected chi connectivity index (χ4v) is 8.96. The summed E-state index contributed by atoms with van der Waals surface area (Å²) >= 11 is 0. The standard InChI is InChI=1S/C50H51N/c1-47(2,3)34-28-43(48(4,5)6)46-44(29-34)49(7,8)41-25-17-23-39(45(41)46)36-21-14-13-18-32(36)31-51-35-26-27-38-37-22-15-16-24-40(37)50(9,42(38)30-35)33-19-11-10-12-20-33/h10-30,51H,31H2,1-9H3. The smallest absolute Gasteiger partial charge is 0.0436 e. The molecule has 0 heterocycles. The lowest BCUT2D eigenvalue weighted by Crippen LogP contribution is -2.22.